The summed E-state index contributed by atoms with van der Waals surface area (Å²) in [5.74, 6) is 0.101. The van der Waals surface area contributed by atoms with Crippen molar-refractivity contribution in [3.05, 3.63) is 28.9 Å². The molecular weight excluding hydrogens is 200 g/mol. The molecule has 2 rings (SSSR count). The van der Waals surface area contributed by atoms with E-state index >= 15 is 0 Å². The Morgan fingerprint density at radius 1 is 1.50 bits per heavy atom. The summed E-state index contributed by atoms with van der Waals surface area (Å²) in [6.07, 6.45) is 1.94. The minimum absolute atomic E-state index is 0.101. The molecule has 0 amide bonds. The van der Waals surface area contributed by atoms with Crippen molar-refractivity contribution in [1.82, 2.24) is 4.57 Å². The fraction of sp³-hybridized carbons (Fsp3) is 0.200. The third-order valence-electron chi connectivity index (χ3n) is 2.36. The van der Waals surface area contributed by atoms with Gasteiger partial charge in [0, 0.05) is 31.2 Å². The smallest absolute Gasteiger partial charge is 0.136 e. The molecule has 0 fully saturated rings. The molecule has 0 saturated heterocycles. The van der Waals surface area contributed by atoms with Crippen molar-refractivity contribution in [1.29, 1.82) is 0 Å². The largest absolute Gasteiger partial charge is 0.506 e. The number of aryl methyl sites for hydroxylation is 1. The van der Waals surface area contributed by atoms with Crippen molar-refractivity contribution in [2.24, 2.45) is 12.8 Å². The van der Waals surface area contributed by atoms with Crippen LogP contribution in [0.4, 0.5) is 0 Å². The van der Waals surface area contributed by atoms with E-state index in [1.165, 1.54) is 0 Å². The van der Waals surface area contributed by atoms with E-state index < -0.39 is 0 Å². The van der Waals surface area contributed by atoms with Crippen LogP contribution in [0.2, 0.25) is 5.02 Å². The number of nitrogens with zero attached hydrogens (tertiary/aromatic N) is 1. The van der Waals surface area contributed by atoms with Gasteiger partial charge >= 0.3 is 0 Å². The molecule has 0 saturated carbocycles. The number of nitrogens with two attached hydrogens (primary N) is 1. The Morgan fingerprint density at radius 3 is 2.86 bits per heavy atom. The molecule has 74 valence electrons. The van der Waals surface area contributed by atoms with Crippen molar-refractivity contribution in [3.63, 3.8) is 0 Å². The molecular formula is C10H11ClN2O. The van der Waals surface area contributed by atoms with Gasteiger partial charge in [0.2, 0.25) is 0 Å². The Hall–Kier alpha value is -1.19. The highest BCUT2D eigenvalue weighted by atomic mass is 35.5. The first kappa shape index (κ1) is 9.37. The first-order chi connectivity index (χ1) is 6.63. The zero-order valence-corrected chi connectivity index (χ0v) is 8.54. The Labute approximate surface area is 86.7 Å². The zero-order chi connectivity index (χ0) is 10.3. The lowest BCUT2D eigenvalue weighted by atomic mass is 10.2. The second kappa shape index (κ2) is 3.19. The number of phenols is 1. The van der Waals surface area contributed by atoms with Crippen LogP contribution < -0.4 is 5.73 Å². The van der Waals surface area contributed by atoms with Gasteiger partial charge in [-0.15, -0.1) is 0 Å². The van der Waals surface area contributed by atoms with Crippen LogP contribution in [-0.4, -0.2) is 9.67 Å². The Bertz CT molecular complexity index is 490. The van der Waals surface area contributed by atoms with Gasteiger partial charge in [-0.05, 0) is 11.6 Å². The Morgan fingerprint density at radius 2 is 2.21 bits per heavy atom. The molecule has 1 heterocycles. The summed E-state index contributed by atoms with van der Waals surface area (Å²) in [7, 11) is 1.91. The molecule has 3 N–H and O–H groups in total. The SMILES string of the molecule is Cn1cc(CN)c2cc(Cl)c(O)cc21. The Kier molecular flexibility index (Phi) is 2.13. The lowest BCUT2D eigenvalue weighted by Gasteiger charge is -1.99. The lowest BCUT2D eigenvalue weighted by molar-refractivity contribution is 0.476. The molecule has 0 aliphatic rings. The number of aromatic nitrogens is 1. The van der Waals surface area contributed by atoms with Crippen LogP contribution in [-0.2, 0) is 13.6 Å². The van der Waals surface area contributed by atoms with E-state index in [4.69, 9.17) is 17.3 Å². The number of fused-ring (bicyclic) bond motifs is 1. The molecule has 0 aliphatic heterocycles. The molecule has 0 aliphatic carbocycles. The maximum Gasteiger partial charge on any atom is 0.136 e. The van der Waals surface area contributed by atoms with Gasteiger partial charge < -0.3 is 15.4 Å². The number of hydrogen-bond acceptors (Lipinski definition) is 2. The predicted molar refractivity (Wildman–Crippen MR) is 57.5 cm³/mol. The van der Waals surface area contributed by atoms with Gasteiger partial charge in [-0.1, -0.05) is 11.6 Å². The van der Waals surface area contributed by atoms with Crippen LogP contribution in [0.15, 0.2) is 18.3 Å². The maximum atomic E-state index is 9.45. The molecule has 14 heavy (non-hydrogen) atoms. The zero-order valence-electron chi connectivity index (χ0n) is 7.79. The minimum Gasteiger partial charge on any atom is -0.506 e. The van der Waals surface area contributed by atoms with Crippen molar-refractivity contribution >= 4 is 22.5 Å². The summed E-state index contributed by atoms with van der Waals surface area (Å²) in [5, 5.41) is 10.8. The van der Waals surface area contributed by atoms with Crippen LogP contribution in [0.1, 0.15) is 5.56 Å². The van der Waals surface area contributed by atoms with Gasteiger partial charge in [-0.25, -0.2) is 0 Å². The first-order valence-electron chi connectivity index (χ1n) is 4.30. The standard InChI is InChI=1S/C10H11ClN2O/c1-13-5-6(4-12)7-2-8(11)10(14)3-9(7)13/h2-3,5,14H,4,12H2,1H3. The first-order valence-corrected chi connectivity index (χ1v) is 4.67. The van der Waals surface area contributed by atoms with Crippen LogP contribution in [0.5, 0.6) is 5.75 Å². The van der Waals surface area contributed by atoms with Crippen LogP contribution in [0.3, 0.4) is 0 Å². The van der Waals surface area contributed by atoms with Crippen LogP contribution >= 0.6 is 11.6 Å². The summed E-state index contributed by atoms with van der Waals surface area (Å²) in [6.45, 7) is 0.471. The summed E-state index contributed by atoms with van der Waals surface area (Å²) in [5.41, 5.74) is 7.57. The van der Waals surface area contributed by atoms with Crippen molar-refractivity contribution < 1.29 is 5.11 Å². The third-order valence-corrected chi connectivity index (χ3v) is 2.66. The van der Waals surface area contributed by atoms with E-state index in [2.05, 4.69) is 0 Å². The average Bonchev–Trinajstić information content (AvgIpc) is 2.45. The van der Waals surface area contributed by atoms with E-state index in [9.17, 15) is 5.11 Å². The number of rotatable bonds is 1. The molecule has 2 aromatic rings. The summed E-state index contributed by atoms with van der Waals surface area (Å²) in [4.78, 5) is 0. The molecule has 0 unspecified atom stereocenters. The van der Waals surface area contributed by atoms with Crippen LogP contribution in [0.25, 0.3) is 10.9 Å². The quantitative estimate of drug-likeness (QED) is 0.757. The average molecular weight is 211 g/mol. The molecule has 4 heteroatoms. The predicted octanol–water partition coefficient (Wildman–Crippen LogP) is 2.00. The van der Waals surface area contributed by atoms with E-state index in [0.29, 0.717) is 11.6 Å². The van der Waals surface area contributed by atoms with Gasteiger partial charge in [-0.3, -0.25) is 0 Å². The second-order valence-electron chi connectivity index (χ2n) is 3.29. The fourth-order valence-electron chi connectivity index (χ4n) is 1.64. The minimum atomic E-state index is 0.101. The van der Waals surface area contributed by atoms with Gasteiger partial charge in [0.05, 0.1) is 10.5 Å². The van der Waals surface area contributed by atoms with Crippen molar-refractivity contribution in [2.75, 3.05) is 0 Å². The molecule has 0 atom stereocenters. The monoisotopic (exact) mass is 210 g/mol. The van der Waals surface area contributed by atoms with Gasteiger partial charge in [-0.2, -0.15) is 0 Å². The van der Waals surface area contributed by atoms with Crippen molar-refractivity contribution in [3.8, 4) is 5.75 Å². The molecule has 3 nitrogen and oxygen atoms in total. The van der Waals surface area contributed by atoms with Crippen molar-refractivity contribution in [2.45, 2.75) is 6.54 Å². The molecule has 0 bridgehead atoms. The van der Waals surface area contributed by atoms with E-state index in [1.807, 2.05) is 17.8 Å². The van der Waals surface area contributed by atoms with E-state index in [0.717, 1.165) is 16.5 Å². The number of benzene rings is 1. The second-order valence-corrected chi connectivity index (χ2v) is 3.70. The number of phenolic OH excluding ortho intramolecular Hbond substituents is 1. The molecule has 0 radical (unpaired) electrons. The van der Waals surface area contributed by atoms with Gasteiger partial charge in [0.1, 0.15) is 5.75 Å². The normalized spacial score (nSPS) is 11.1. The summed E-state index contributed by atoms with van der Waals surface area (Å²) < 4.78 is 1.92. The number of hydrogen-bond donors (Lipinski definition) is 2. The van der Waals surface area contributed by atoms with E-state index in [1.54, 1.807) is 12.1 Å². The highest BCUT2D eigenvalue weighted by molar-refractivity contribution is 6.32. The third kappa shape index (κ3) is 1.25. The topological polar surface area (TPSA) is 51.2 Å². The number of aromatic hydroxyl groups is 1. The number of halogens is 1. The lowest BCUT2D eigenvalue weighted by Crippen LogP contribution is -1.94. The fourth-order valence-corrected chi connectivity index (χ4v) is 1.80. The summed E-state index contributed by atoms with van der Waals surface area (Å²) in [6, 6.07) is 3.39. The summed E-state index contributed by atoms with van der Waals surface area (Å²) >= 11 is 5.83. The highest BCUT2D eigenvalue weighted by Gasteiger charge is 2.08. The molecule has 0 spiro atoms. The molecule has 1 aromatic heterocycles. The maximum absolute atomic E-state index is 9.45. The Balaban J connectivity index is 2.84. The van der Waals surface area contributed by atoms with E-state index in [-0.39, 0.29) is 5.75 Å². The van der Waals surface area contributed by atoms with Gasteiger partial charge in [0.25, 0.3) is 0 Å². The van der Waals surface area contributed by atoms with Crippen LogP contribution in [0, 0.1) is 0 Å². The highest BCUT2D eigenvalue weighted by Crippen LogP contribution is 2.31. The molecule has 1 aromatic carbocycles. The van der Waals surface area contributed by atoms with Gasteiger partial charge in [0.15, 0.2) is 0 Å².